The van der Waals surface area contributed by atoms with Crippen molar-refractivity contribution in [1.82, 2.24) is 4.98 Å². The Bertz CT molecular complexity index is 1900. The van der Waals surface area contributed by atoms with Gasteiger partial charge in [0.1, 0.15) is 0 Å². The maximum atomic E-state index is 14.8. The van der Waals surface area contributed by atoms with Crippen LogP contribution in [0.3, 0.4) is 0 Å². The molecule has 0 spiro atoms. The fraction of sp³-hybridized carbons (Fsp3) is 0. The van der Waals surface area contributed by atoms with E-state index in [9.17, 15) is 4.57 Å². The van der Waals surface area contributed by atoms with Crippen molar-refractivity contribution < 1.29 is 4.57 Å². The fourth-order valence-electron chi connectivity index (χ4n) is 5.18. The van der Waals surface area contributed by atoms with Gasteiger partial charge in [0.05, 0.1) is 15.9 Å². The molecule has 0 N–H and O–H groups in total. The number of rotatable bonds is 4. The zero-order chi connectivity index (χ0) is 24.8. The molecule has 0 aliphatic rings. The van der Waals surface area contributed by atoms with E-state index in [0.29, 0.717) is 0 Å². The second-order valence-electron chi connectivity index (χ2n) is 9.11. The lowest BCUT2D eigenvalue weighted by atomic mass is 10.0. The zero-order valence-corrected chi connectivity index (χ0v) is 21.6. The van der Waals surface area contributed by atoms with E-state index >= 15 is 0 Å². The van der Waals surface area contributed by atoms with Crippen LogP contribution in [0.2, 0.25) is 0 Å². The molecule has 7 rings (SSSR count). The lowest BCUT2D eigenvalue weighted by Gasteiger charge is -2.20. The van der Waals surface area contributed by atoms with Crippen LogP contribution in [0.5, 0.6) is 0 Å². The topological polar surface area (TPSA) is 30.0 Å². The summed E-state index contributed by atoms with van der Waals surface area (Å²) >= 11 is 1.78. The molecule has 0 atom stereocenters. The van der Waals surface area contributed by atoms with E-state index in [1.54, 1.807) is 11.3 Å². The summed E-state index contributed by atoms with van der Waals surface area (Å²) in [6.07, 6.45) is 0. The maximum Gasteiger partial charge on any atom is 0.171 e. The van der Waals surface area contributed by atoms with Gasteiger partial charge in [-0.3, -0.25) is 0 Å². The highest BCUT2D eigenvalue weighted by Gasteiger charge is 2.29. The van der Waals surface area contributed by atoms with Gasteiger partial charge in [0.2, 0.25) is 0 Å². The minimum absolute atomic E-state index is 0.821. The predicted molar refractivity (Wildman–Crippen MR) is 159 cm³/mol. The van der Waals surface area contributed by atoms with Crippen molar-refractivity contribution in [2.24, 2.45) is 0 Å². The van der Waals surface area contributed by atoms with Crippen LogP contribution in [0.15, 0.2) is 133 Å². The third kappa shape index (κ3) is 3.54. The Hall–Kier alpha value is -4.04. The molecular weight excluding hydrogens is 489 g/mol. The molecule has 37 heavy (non-hydrogen) atoms. The Morgan fingerprint density at radius 2 is 1.08 bits per heavy atom. The first kappa shape index (κ1) is 22.2. The quantitative estimate of drug-likeness (QED) is 0.225. The summed E-state index contributed by atoms with van der Waals surface area (Å²) in [7, 11) is -3.02. The second kappa shape index (κ2) is 8.81. The van der Waals surface area contributed by atoms with Crippen molar-refractivity contribution in [1.29, 1.82) is 0 Å². The standard InChI is InChI=1S/C33H22NOPS/c35-36(24-11-3-1-4-12-24,25-13-5-2-6-14-25)26-21-19-23(20-22-26)32-33-31(27-15-7-9-17-29(27)34-32)28-16-8-10-18-30(28)37-33/h1-22H. The van der Waals surface area contributed by atoms with Crippen molar-refractivity contribution in [3.63, 3.8) is 0 Å². The van der Waals surface area contributed by atoms with E-state index in [0.717, 1.165) is 32.7 Å². The molecule has 0 aliphatic carbocycles. The first-order valence-electron chi connectivity index (χ1n) is 12.3. The highest BCUT2D eigenvalue weighted by molar-refractivity contribution is 7.85. The molecule has 2 heterocycles. The van der Waals surface area contributed by atoms with Crippen LogP contribution in [0.25, 0.3) is 42.3 Å². The molecule has 0 saturated carbocycles. The van der Waals surface area contributed by atoms with Crippen molar-refractivity contribution in [3.8, 4) is 11.3 Å². The summed E-state index contributed by atoms with van der Waals surface area (Å²) in [6, 6.07) is 44.7. The molecule has 176 valence electrons. The largest absolute Gasteiger partial charge is 0.309 e. The molecule has 0 fully saturated rings. The van der Waals surface area contributed by atoms with Gasteiger partial charge in [0, 0.05) is 42.3 Å². The van der Waals surface area contributed by atoms with Gasteiger partial charge in [-0.2, -0.15) is 0 Å². The van der Waals surface area contributed by atoms with Gasteiger partial charge in [-0.05, 0) is 12.1 Å². The first-order chi connectivity index (χ1) is 18.2. The van der Waals surface area contributed by atoms with Crippen molar-refractivity contribution >= 4 is 65.5 Å². The lowest BCUT2D eigenvalue weighted by Crippen LogP contribution is -2.24. The Kier molecular flexibility index (Phi) is 5.28. The van der Waals surface area contributed by atoms with E-state index in [1.807, 2.05) is 78.9 Å². The number of nitrogens with zero attached hydrogens (tertiary/aromatic N) is 1. The molecule has 0 amide bonds. The molecule has 0 bridgehead atoms. The molecule has 7 aromatic rings. The van der Waals surface area contributed by atoms with E-state index in [-0.39, 0.29) is 0 Å². The molecule has 0 aliphatic heterocycles. The maximum absolute atomic E-state index is 14.8. The Morgan fingerprint density at radius 1 is 0.541 bits per heavy atom. The zero-order valence-electron chi connectivity index (χ0n) is 19.9. The highest BCUT2D eigenvalue weighted by atomic mass is 32.1. The van der Waals surface area contributed by atoms with Crippen LogP contribution in [0.1, 0.15) is 0 Å². The predicted octanol–water partition coefficient (Wildman–Crippen LogP) is 7.91. The average Bonchev–Trinajstić information content (AvgIpc) is 3.37. The summed E-state index contributed by atoms with van der Waals surface area (Å²) in [5.74, 6) is 0. The van der Waals surface area contributed by atoms with Crippen LogP contribution < -0.4 is 15.9 Å². The number of hydrogen-bond acceptors (Lipinski definition) is 3. The molecule has 2 aromatic heterocycles. The van der Waals surface area contributed by atoms with Crippen LogP contribution in [-0.4, -0.2) is 4.98 Å². The van der Waals surface area contributed by atoms with Gasteiger partial charge < -0.3 is 4.57 Å². The fourth-order valence-corrected chi connectivity index (χ4v) is 9.06. The molecular formula is C33H22NOPS. The second-order valence-corrected chi connectivity index (χ2v) is 12.9. The number of aromatic nitrogens is 1. The monoisotopic (exact) mass is 511 g/mol. The molecule has 0 unspecified atom stereocenters. The van der Waals surface area contributed by atoms with E-state index in [4.69, 9.17) is 4.98 Å². The number of hydrogen-bond donors (Lipinski definition) is 0. The average molecular weight is 512 g/mol. The van der Waals surface area contributed by atoms with Crippen LogP contribution in [-0.2, 0) is 4.57 Å². The molecule has 5 aromatic carbocycles. The Balaban J connectivity index is 1.44. The summed E-state index contributed by atoms with van der Waals surface area (Å²) in [5.41, 5.74) is 2.98. The van der Waals surface area contributed by atoms with Gasteiger partial charge in [-0.25, -0.2) is 4.98 Å². The normalized spacial score (nSPS) is 11.9. The highest BCUT2D eigenvalue weighted by Crippen LogP contribution is 2.44. The molecule has 0 saturated heterocycles. The van der Waals surface area contributed by atoms with Crippen LogP contribution in [0, 0.1) is 0 Å². The van der Waals surface area contributed by atoms with Crippen molar-refractivity contribution in [3.05, 3.63) is 133 Å². The summed E-state index contributed by atoms with van der Waals surface area (Å²) in [6.45, 7) is 0. The van der Waals surface area contributed by atoms with E-state index in [1.165, 1.54) is 25.6 Å². The van der Waals surface area contributed by atoms with Gasteiger partial charge in [0.15, 0.2) is 7.14 Å². The summed E-state index contributed by atoms with van der Waals surface area (Å²) in [5, 5.41) is 6.19. The Labute approximate surface area is 219 Å². The van der Waals surface area contributed by atoms with E-state index < -0.39 is 7.14 Å². The van der Waals surface area contributed by atoms with Gasteiger partial charge >= 0.3 is 0 Å². The van der Waals surface area contributed by atoms with Gasteiger partial charge in [0.25, 0.3) is 0 Å². The van der Waals surface area contributed by atoms with Gasteiger partial charge in [-0.1, -0.05) is 121 Å². The number of benzene rings is 5. The summed E-state index contributed by atoms with van der Waals surface area (Å²) in [4.78, 5) is 5.12. The van der Waals surface area contributed by atoms with Crippen molar-refractivity contribution in [2.75, 3.05) is 0 Å². The lowest BCUT2D eigenvalue weighted by molar-refractivity contribution is 0.592. The molecule has 0 radical (unpaired) electrons. The number of pyridine rings is 1. The van der Waals surface area contributed by atoms with E-state index in [2.05, 4.69) is 54.6 Å². The van der Waals surface area contributed by atoms with Crippen LogP contribution >= 0.6 is 18.5 Å². The number of thiophene rings is 1. The van der Waals surface area contributed by atoms with Crippen LogP contribution in [0.4, 0.5) is 0 Å². The van der Waals surface area contributed by atoms with Gasteiger partial charge in [-0.15, -0.1) is 11.3 Å². The Morgan fingerprint density at radius 3 is 1.76 bits per heavy atom. The number of para-hydroxylation sites is 1. The smallest absolute Gasteiger partial charge is 0.171 e. The molecule has 2 nitrogen and oxygen atoms in total. The molecule has 4 heteroatoms. The number of fused-ring (bicyclic) bond motifs is 5. The minimum atomic E-state index is -3.02. The summed E-state index contributed by atoms with van der Waals surface area (Å²) < 4.78 is 17.2. The van der Waals surface area contributed by atoms with Crippen molar-refractivity contribution in [2.45, 2.75) is 0 Å². The minimum Gasteiger partial charge on any atom is -0.309 e. The third-order valence-corrected chi connectivity index (χ3v) is 11.2. The SMILES string of the molecule is O=P(c1ccccc1)(c1ccccc1)c1ccc(-c2nc3ccccc3c3c2sc2ccccc23)cc1. The third-order valence-electron chi connectivity index (χ3n) is 6.96. The first-order valence-corrected chi connectivity index (χ1v) is 14.8.